The Kier molecular flexibility index (Phi) is 4.72. The molecule has 6 nitrogen and oxygen atoms in total. The summed E-state index contributed by atoms with van der Waals surface area (Å²) >= 11 is 1.13. The summed E-state index contributed by atoms with van der Waals surface area (Å²) in [6.45, 7) is 4.95. The highest BCUT2D eigenvalue weighted by atomic mass is 32.2. The molecule has 0 aromatic carbocycles. The van der Waals surface area contributed by atoms with Gasteiger partial charge in [0.05, 0.1) is 6.54 Å². The molecular weight excluding hydrogens is 310 g/mol. The molecule has 1 saturated heterocycles. The van der Waals surface area contributed by atoms with Crippen LogP contribution in [0.25, 0.3) is 0 Å². The van der Waals surface area contributed by atoms with Gasteiger partial charge in [-0.15, -0.1) is 11.3 Å². The molecule has 0 bridgehead atoms. The van der Waals surface area contributed by atoms with Crippen molar-refractivity contribution in [3.63, 3.8) is 0 Å². The summed E-state index contributed by atoms with van der Waals surface area (Å²) in [7, 11) is -3.59. The highest BCUT2D eigenvalue weighted by molar-refractivity contribution is 7.91. The highest BCUT2D eigenvalue weighted by Crippen LogP contribution is 2.27. The van der Waals surface area contributed by atoms with E-state index < -0.39 is 10.0 Å². The van der Waals surface area contributed by atoms with Gasteiger partial charge in [0.15, 0.2) is 0 Å². The summed E-state index contributed by atoms with van der Waals surface area (Å²) in [5.74, 6) is -0.213. The second-order valence-corrected chi connectivity index (χ2v) is 8.90. The minimum Gasteiger partial charge on any atom is -0.341 e. The van der Waals surface area contributed by atoms with E-state index in [2.05, 4.69) is 4.72 Å². The van der Waals surface area contributed by atoms with Crippen LogP contribution in [0, 0.1) is 5.41 Å². The lowest BCUT2D eigenvalue weighted by molar-refractivity contribution is -0.133. The zero-order chi connectivity index (χ0) is 15.7. The van der Waals surface area contributed by atoms with Crippen LogP contribution in [0.2, 0.25) is 0 Å². The van der Waals surface area contributed by atoms with Gasteiger partial charge in [-0.25, -0.2) is 13.1 Å². The maximum absolute atomic E-state index is 12.2. The van der Waals surface area contributed by atoms with Crippen molar-refractivity contribution in [3.05, 3.63) is 17.5 Å². The molecule has 8 heteroatoms. The van der Waals surface area contributed by atoms with E-state index in [0.29, 0.717) is 13.1 Å². The third-order valence-corrected chi connectivity index (χ3v) is 6.64. The Morgan fingerprint density at radius 2 is 2.29 bits per heavy atom. The van der Waals surface area contributed by atoms with Crippen LogP contribution in [0.1, 0.15) is 20.3 Å². The third kappa shape index (κ3) is 3.82. The quantitative estimate of drug-likeness (QED) is 0.845. The SMILES string of the molecule is CC1(C)CN(C(=O)CNS(=O)(=O)c2cccs2)CCC1N. The van der Waals surface area contributed by atoms with E-state index in [-0.39, 0.29) is 28.1 Å². The Hall–Kier alpha value is -0.960. The molecule has 1 aromatic heterocycles. The minimum atomic E-state index is -3.59. The number of sulfonamides is 1. The first-order valence-corrected chi connectivity index (χ1v) is 9.15. The van der Waals surface area contributed by atoms with Crippen molar-refractivity contribution in [1.29, 1.82) is 0 Å². The predicted octanol–water partition coefficient (Wildman–Crippen LogP) is 0.612. The van der Waals surface area contributed by atoms with Gasteiger partial charge in [0.1, 0.15) is 4.21 Å². The summed E-state index contributed by atoms with van der Waals surface area (Å²) in [6.07, 6.45) is 0.733. The molecule has 3 N–H and O–H groups in total. The van der Waals surface area contributed by atoms with Crippen molar-refractivity contribution in [2.75, 3.05) is 19.6 Å². The number of hydrogen-bond donors (Lipinski definition) is 2. The van der Waals surface area contributed by atoms with Crippen LogP contribution in [0.4, 0.5) is 0 Å². The summed E-state index contributed by atoms with van der Waals surface area (Å²) in [5, 5.41) is 1.69. The molecule has 0 aliphatic carbocycles. The zero-order valence-electron chi connectivity index (χ0n) is 12.2. The van der Waals surface area contributed by atoms with Gasteiger partial charge in [-0.3, -0.25) is 4.79 Å². The molecule has 21 heavy (non-hydrogen) atoms. The standard InChI is InChI=1S/C13H21N3O3S2/c1-13(2)9-16(6-5-10(13)14)11(17)8-15-21(18,19)12-4-3-7-20-12/h3-4,7,10,15H,5-6,8-9,14H2,1-2H3. The first-order chi connectivity index (χ1) is 9.72. The van der Waals surface area contributed by atoms with E-state index in [1.165, 1.54) is 6.07 Å². The Bertz CT molecular complexity index is 596. The zero-order valence-corrected chi connectivity index (χ0v) is 13.8. The van der Waals surface area contributed by atoms with E-state index in [1.54, 1.807) is 16.3 Å². The van der Waals surface area contributed by atoms with Crippen LogP contribution in [0.3, 0.4) is 0 Å². The van der Waals surface area contributed by atoms with Crippen LogP contribution < -0.4 is 10.5 Å². The lowest BCUT2D eigenvalue weighted by Crippen LogP contribution is -2.55. The van der Waals surface area contributed by atoms with Gasteiger partial charge in [-0.2, -0.15) is 0 Å². The van der Waals surface area contributed by atoms with Crippen LogP contribution in [0.5, 0.6) is 0 Å². The van der Waals surface area contributed by atoms with Gasteiger partial charge in [0, 0.05) is 19.1 Å². The number of carbonyl (C=O) groups excluding carboxylic acids is 1. The minimum absolute atomic E-state index is 0.0596. The number of amides is 1. The molecule has 1 unspecified atom stereocenters. The van der Waals surface area contributed by atoms with Gasteiger partial charge in [-0.05, 0) is 23.3 Å². The third-order valence-electron chi connectivity index (χ3n) is 3.84. The fourth-order valence-electron chi connectivity index (χ4n) is 2.34. The Balaban J connectivity index is 1.94. The molecule has 0 saturated carbocycles. The van der Waals surface area contributed by atoms with Crippen LogP contribution in [0.15, 0.2) is 21.7 Å². The van der Waals surface area contributed by atoms with E-state index in [4.69, 9.17) is 5.73 Å². The molecule has 0 spiro atoms. The molecule has 2 rings (SSSR count). The van der Waals surface area contributed by atoms with Crippen molar-refractivity contribution in [1.82, 2.24) is 9.62 Å². The Morgan fingerprint density at radius 3 is 2.86 bits per heavy atom. The lowest BCUT2D eigenvalue weighted by atomic mass is 9.80. The molecule has 2 heterocycles. The van der Waals surface area contributed by atoms with E-state index in [9.17, 15) is 13.2 Å². The highest BCUT2D eigenvalue weighted by Gasteiger charge is 2.35. The molecule has 118 valence electrons. The molecule has 1 atom stereocenters. The van der Waals surface area contributed by atoms with Crippen molar-refractivity contribution in [2.45, 2.75) is 30.5 Å². The first kappa shape index (κ1) is 16.4. The number of rotatable bonds is 4. The van der Waals surface area contributed by atoms with Crippen molar-refractivity contribution in [3.8, 4) is 0 Å². The number of hydrogen-bond acceptors (Lipinski definition) is 5. The van der Waals surface area contributed by atoms with Gasteiger partial charge >= 0.3 is 0 Å². The fourth-order valence-corrected chi connectivity index (χ4v) is 4.35. The van der Waals surface area contributed by atoms with Gasteiger partial charge in [-0.1, -0.05) is 19.9 Å². The van der Waals surface area contributed by atoms with E-state index in [0.717, 1.165) is 17.8 Å². The van der Waals surface area contributed by atoms with Gasteiger partial charge in [0.25, 0.3) is 10.0 Å². The van der Waals surface area contributed by atoms with Crippen molar-refractivity contribution < 1.29 is 13.2 Å². The summed E-state index contributed by atoms with van der Waals surface area (Å²) in [6, 6.07) is 3.24. The number of thiophene rings is 1. The lowest BCUT2D eigenvalue weighted by Gasteiger charge is -2.42. The average molecular weight is 331 g/mol. The normalized spacial score (nSPS) is 22.2. The number of carbonyl (C=O) groups is 1. The van der Waals surface area contributed by atoms with Crippen molar-refractivity contribution >= 4 is 27.3 Å². The molecular formula is C13H21N3O3S2. The van der Waals surface area contributed by atoms with Gasteiger partial charge in [0.2, 0.25) is 5.91 Å². The predicted molar refractivity (Wildman–Crippen MR) is 82.5 cm³/mol. The number of nitrogens with zero attached hydrogens (tertiary/aromatic N) is 1. The smallest absolute Gasteiger partial charge is 0.250 e. The molecule has 1 aromatic rings. The Morgan fingerprint density at radius 1 is 1.57 bits per heavy atom. The summed E-state index contributed by atoms with van der Waals surface area (Å²) < 4.78 is 26.5. The fraction of sp³-hybridized carbons (Fsp3) is 0.615. The van der Waals surface area contributed by atoms with E-state index in [1.807, 2.05) is 13.8 Å². The second kappa shape index (κ2) is 6.04. The largest absolute Gasteiger partial charge is 0.341 e. The molecule has 1 fully saturated rings. The van der Waals surface area contributed by atoms with Crippen molar-refractivity contribution in [2.24, 2.45) is 11.1 Å². The second-order valence-electron chi connectivity index (χ2n) is 5.96. The summed E-state index contributed by atoms with van der Waals surface area (Å²) in [5.41, 5.74) is 5.88. The molecule has 1 aliphatic heterocycles. The maximum atomic E-state index is 12.2. The maximum Gasteiger partial charge on any atom is 0.250 e. The summed E-state index contributed by atoms with van der Waals surface area (Å²) in [4.78, 5) is 13.9. The number of likely N-dealkylation sites (tertiary alicyclic amines) is 1. The first-order valence-electron chi connectivity index (χ1n) is 6.79. The number of nitrogens with two attached hydrogens (primary N) is 1. The molecule has 0 radical (unpaired) electrons. The van der Waals surface area contributed by atoms with E-state index >= 15 is 0 Å². The average Bonchev–Trinajstić information content (AvgIpc) is 2.94. The molecule has 1 amide bonds. The number of piperidine rings is 1. The monoisotopic (exact) mass is 331 g/mol. The number of nitrogens with one attached hydrogen (secondary N) is 1. The van der Waals surface area contributed by atoms with Crippen LogP contribution in [-0.2, 0) is 14.8 Å². The molecule has 1 aliphatic rings. The van der Waals surface area contributed by atoms with Crippen LogP contribution >= 0.6 is 11.3 Å². The van der Waals surface area contributed by atoms with Crippen LogP contribution in [-0.4, -0.2) is 44.9 Å². The topological polar surface area (TPSA) is 92.5 Å². The Labute approximate surface area is 129 Å². The van der Waals surface area contributed by atoms with Gasteiger partial charge < -0.3 is 10.6 Å².